The van der Waals surface area contributed by atoms with E-state index in [0.29, 0.717) is 17.7 Å². The molecule has 0 spiro atoms. The number of benzene rings is 1. The third kappa shape index (κ3) is 3.11. The number of halogens is 2. The zero-order valence-electron chi connectivity index (χ0n) is 13.2. The molecule has 2 saturated carbocycles. The highest BCUT2D eigenvalue weighted by molar-refractivity contribution is 5.85. The molecule has 126 valence electrons. The number of hydrogen-bond donors (Lipinski definition) is 1. The van der Waals surface area contributed by atoms with E-state index in [1.165, 1.54) is 31.7 Å². The average Bonchev–Trinajstić information content (AvgIpc) is 3.28. The highest BCUT2D eigenvalue weighted by Gasteiger charge is 2.56. The van der Waals surface area contributed by atoms with Crippen molar-refractivity contribution < 1.29 is 9.18 Å². The van der Waals surface area contributed by atoms with Gasteiger partial charge in [0.2, 0.25) is 5.91 Å². The van der Waals surface area contributed by atoms with E-state index >= 15 is 0 Å². The summed E-state index contributed by atoms with van der Waals surface area (Å²) in [5.41, 5.74) is 0.907. The molecule has 0 bridgehead atoms. The van der Waals surface area contributed by atoms with E-state index in [1.807, 2.05) is 11.0 Å². The lowest BCUT2D eigenvalue weighted by Crippen LogP contribution is -2.49. The molecule has 1 amide bonds. The van der Waals surface area contributed by atoms with E-state index in [-0.39, 0.29) is 30.2 Å². The SMILES string of the molecule is Cl.O=C(C1C2CCCCC21)N1CCNCC1c1cccc(F)c1. The Hall–Kier alpha value is -1.13. The lowest BCUT2D eigenvalue weighted by Gasteiger charge is -2.37. The van der Waals surface area contributed by atoms with Crippen LogP contribution in [0, 0.1) is 23.6 Å². The summed E-state index contributed by atoms with van der Waals surface area (Å²) in [7, 11) is 0. The molecule has 1 saturated heterocycles. The number of carbonyl (C=O) groups excluding carboxylic acids is 1. The average molecular weight is 339 g/mol. The molecular formula is C18H24ClFN2O. The summed E-state index contributed by atoms with van der Waals surface area (Å²) in [5, 5.41) is 3.34. The third-order valence-corrected chi connectivity index (χ3v) is 5.70. The van der Waals surface area contributed by atoms with Crippen molar-refractivity contribution in [3.8, 4) is 0 Å². The zero-order chi connectivity index (χ0) is 15.1. The Kier molecular flexibility index (Phi) is 4.93. The summed E-state index contributed by atoms with van der Waals surface area (Å²) in [6.07, 6.45) is 5.00. The minimum absolute atomic E-state index is 0. The summed E-state index contributed by atoms with van der Waals surface area (Å²) in [6.45, 7) is 2.28. The lowest BCUT2D eigenvalue weighted by molar-refractivity contribution is -0.136. The number of hydrogen-bond acceptors (Lipinski definition) is 2. The number of carbonyl (C=O) groups is 1. The van der Waals surface area contributed by atoms with E-state index in [4.69, 9.17) is 0 Å². The minimum atomic E-state index is -0.226. The Labute approximate surface area is 143 Å². The van der Waals surface area contributed by atoms with E-state index < -0.39 is 0 Å². The van der Waals surface area contributed by atoms with Crippen LogP contribution in [0.15, 0.2) is 24.3 Å². The molecule has 0 aromatic heterocycles. The van der Waals surface area contributed by atoms with Crippen LogP contribution in [0.25, 0.3) is 0 Å². The van der Waals surface area contributed by atoms with E-state index in [0.717, 1.165) is 25.2 Å². The van der Waals surface area contributed by atoms with Crippen LogP contribution in [0.4, 0.5) is 4.39 Å². The van der Waals surface area contributed by atoms with Gasteiger partial charge >= 0.3 is 0 Å². The van der Waals surface area contributed by atoms with Crippen molar-refractivity contribution in [2.24, 2.45) is 17.8 Å². The molecule has 5 heteroatoms. The molecule has 1 heterocycles. The Bertz CT molecular complexity index is 570. The van der Waals surface area contributed by atoms with Gasteiger partial charge in [0.05, 0.1) is 6.04 Å². The topological polar surface area (TPSA) is 32.3 Å². The van der Waals surface area contributed by atoms with Crippen molar-refractivity contribution in [3.63, 3.8) is 0 Å². The second-order valence-corrected chi connectivity index (χ2v) is 6.94. The van der Waals surface area contributed by atoms with E-state index in [9.17, 15) is 9.18 Å². The lowest BCUT2D eigenvalue weighted by atomic mass is 10.0. The summed E-state index contributed by atoms with van der Waals surface area (Å²) < 4.78 is 13.5. The van der Waals surface area contributed by atoms with Gasteiger partial charge < -0.3 is 10.2 Å². The summed E-state index contributed by atoms with van der Waals surface area (Å²) in [4.78, 5) is 15.0. The molecule has 3 nitrogen and oxygen atoms in total. The van der Waals surface area contributed by atoms with Gasteiger partial charge in [0.15, 0.2) is 0 Å². The van der Waals surface area contributed by atoms with Gasteiger partial charge in [-0.15, -0.1) is 12.4 Å². The van der Waals surface area contributed by atoms with Crippen LogP contribution in [0.1, 0.15) is 37.3 Å². The molecule has 3 aliphatic rings. The smallest absolute Gasteiger partial charge is 0.226 e. The number of fused-ring (bicyclic) bond motifs is 1. The Morgan fingerprint density at radius 3 is 2.65 bits per heavy atom. The summed E-state index contributed by atoms with van der Waals surface area (Å²) >= 11 is 0. The van der Waals surface area contributed by atoms with Crippen LogP contribution in [-0.2, 0) is 4.79 Å². The molecule has 2 aliphatic carbocycles. The molecule has 4 rings (SSSR count). The van der Waals surface area contributed by atoms with Gasteiger partial charge in [0.25, 0.3) is 0 Å². The number of amides is 1. The Morgan fingerprint density at radius 2 is 1.96 bits per heavy atom. The van der Waals surface area contributed by atoms with Crippen molar-refractivity contribution >= 4 is 18.3 Å². The number of piperazine rings is 1. The molecule has 3 unspecified atom stereocenters. The Morgan fingerprint density at radius 1 is 1.22 bits per heavy atom. The first kappa shape index (κ1) is 16.7. The maximum absolute atomic E-state index is 13.5. The van der Waals surface area contributed by atoms with Gasteiger partial charge in [-0.2, -0.15) is 0 Å². The van der Waals surface area contributed by atoms with Crippen LogP contribution in [0.5, 0.6) is 0 Å². The van der Waals surface area contributed by atoms with E-state index in [1.54, 1.807) is 12.1 Å². The highest BCUT2D eigenvalue weighted by atomic mass is 35.5. The van der Waals surface area contributed by atoms with Crippen LogP contribution in [0.2, 0.25) is 0 Å². The van der Waals surface area contributed by atoms with Crippen molar-refractivity contribution in [1.29, 1.82) is 0 Å². The first-order valence-electron chi connectivity index (χ1n) is 8.52. The predicted octanol–water partition coefficient (Wildman–Crippen LogP) is 3.16. The largest absolute Gasteiger partial charge is 0.333 e. The Balaban J connectivity index is 0.00000156. The fourth-order valence-corrected chi connectivity index (χ4v) is 4.53. The van der Waals surface area contributed by atoms with Crippen molar-refractivity contribution in [2.45, 2.75) is 31.7 Å². The summed E-state index contributed by atoms with van der Waals surface area (Å²) in [6, 6.07) is 6.67. The van der Waals surface area contributed by atoms with Crippen molar-refractivity contribution in [3.05, 3.63) is 35.6 Å². The minimum Gasteiger partial charge on any atom is -0.333 e. The van der Waals surface area contributed by atoms with Gasteiger partial charge in [-0.3, -0.25) is 4.79 Å². The molecule has 1 aromatic carbocycles. The van der Waals surface area contributed by atoms with Gasteiger partial charge in [-0.1, -0.05) is 25.0 Å². The molecule has 23 heavy (non-hydrogen) atoms. The molecule has 3 atom stereocenters. The second-order valence-electron chi connectivity index (χ2n) is 6.94. The first-order valence-corrected chi connectivity index (χ1v) is 8.52. The maximum atomic E-state index is 13.5. The first-order chi connectivity index (χ1) is 10.8. The molecule has 1 aromatic rings. The maximum Gasteiger partial charge on any atom is 0.226 e. The van der Waals surface area contributed by atoms with Gasteiger partial charge in [0.1, 0.15) is 5.82 Å². The fourth-order valence-electron chi connectivity index (χ4n) is 4.53. The summed E-state index contributed by atoms with van der Waals surface area (Å²) in [5.74, 6) is 1.59. The standard InChI is InChI=1S/C18H23FN2O.ClH/c19-13-5-3-4-12(10-13)16-11-20-8-9-21(16)18(22)17-14-6-1-2-7-15(14)17;/h3-5,10,14-17,20H,1-2,6-9,11H2;1H. The molecular weight excluding hydrogens is 315 g/mol. The highest BCUT2D eigenvalue weighted by Crippen LogP contribution is 2.56. The van der Waals surface area contributed by atoms with Crippen LogP contribution in [0.3, 0.4) is 0 Å². The van der Waals surface area contributed by atoms with Crippen LogP contribution < -0.4 is 5.32 Å². The van der Waals surface area contributed by atoms with Gasteiger partial charge in [-0.25, -0.2) is 4.39 Å². The van der Waals surface area contributed by atoms with Crippen molar-refractivity contribution in [2.75, 3.05) is 19.6 Å². The van der Waals surface area contributed by atoms with E-state index in [2.05, 4.69) is 5.32 Å². The normalized spacial score (nSPS) is 32.7. The van der Waals surface area contributed by atoms with Gasteiger partial charge in [0, 0.05) is 25.6 Å². The third-order valence-electron chi connectivity index (χ3n) is 5.70. The molecule has 3 fully saturated rings. The van der Waals surface area contributed by atoms with Crippen molar-refractivity contribution in [1.82, 2.24) is 10.2 Å². The van der Waals surface area contributed by atoms with Gasteiger partial charge in [-0.05, 0) is 42.4 Å². The fraction of sp³-hybridized carbons (Fsp3) is 0.611. The van der Waals surface area contributed by atoms with Crippen LogP contribution >= 0.6 is 12.4 Å². The molecule has 1 N–H and O–H groups in total. The predicted molar refractivity (Wildman–Crippen MR) is 89.9 cm³/mol. The molecule has 0 radical (unpaired) electrons. The second kappa shape index (κ2) is 6.78. The quantitative estimate of drug-likeness (QED) is 0.898. The van der Waals surface area contributed by atoms with Crippen LogP contribution in [-0.4, -0.2) is 30.4 Å². The monoisotopic (exact) mass is 338 g/mol. The number of rotatable bonds is 2. The number of nitrogens with zero attached hydrogens (tertiary/aromatic N) is 1. The zero-order valence-corrected chi connectivity index (χ0v) is 14.0. The molecule has 1 aliphatic heterocycles. The number of nitrogens with one attached hydrogen (secondary N) is 1.